The number of hydrogen-bond donors (Lipinski definition) is 1. The number of carbonyl (C=O) groups is 1. The minimum absolute atomic E-state index is 0.108. The number of aromatic nitrogens is 3. The first-order chi connectivity index (χ1) is 13.5. The molecule has 0 spiro atoms. The molecule has 0 atom stereocenters. The number of anilines is 1. The Morgan fingerprint density at radius 2 is 1.82 bits per heavy atom. The largest absolute Gasteiger partial charge is 0.419 e. The van der Waals surface area contributed by atoms with E-state index in [1.165, 1.54) is 0 Å². The molecule has 0 saturated heterocycles. The van der Waals surface area contributed by atoms with Crippen molar-refractivity contribution in [1.82, 2.24) is 14.8 Å². The topological polar surface area (TPSA) is 73.0 Å². The number of nitrogens with one attached hydrogen (secondary N) is 1. The second-order valence-electron chi connectivity index (χ2n) is 6.95. The molecule has 4 rings (SSSR count). The lowest BCUT2D eigenvalue weighted by Gasteiger charge is -2.11. The van der Waals surface area contributed by atoms with E-state index >= 15 is 0 Å². The van der Waals surface area contributed by atoms with Gasteiger partial charge in [0.1, 0.15) is 12.2 Å². The number of carbonyl (C=O) groups excluding carboxylic acids is 1. The summed E-state index contributed by atoms with van der Waals surface area (Å²) in [5.41, 5.74) is 4.71. The van der Waals surface area contributed by atoms with Gasteiger partial charge in [-0.25, -0.2) is 0 Å². The second-order valence-corrected chi connectivity index (χ2v) is 6.95. The van der Waals surface area contributed by atoms with Crippen molar-refractivity contribution >= 4 is 22.5 Å². The monoisotopic (exact) mass is 374 g/mol. The van der Waals surface area contributed by atoms with Gasteiger partial charge in [-0.05, 0) is 49.2 Å². The summed E-state index contributed by atoms with van der Waals surface area (Å²) in [6.45, 7) is 6.14. The Labute approximate surface area is 163 Å². The SMILES string of the molecule is CCc1nnc(-c2cc3ccccc3n2CC(=O)Nc2cc(C)cc(C)c2)o1. The van der Waals surface area contributed by atoms with E-state index in [1.54, 1.807) is 0 Å². The third-order valence-corrected chi connectivity index (χ3v) is 4.61. The van der Waals surface area contributed by atoms with Crippen molar-refractivity contribution in [1.29, 1.82) is 0 Å². The summed E-state index contributed by atoms with van der Waals surface area (Å²) in [5.74, 6) is 0.890. The molecule has 4 aromatic rings. The fourth-order valence-electron chi connectivity index (χ4n) is 3.45. The maximum Gasteiger partial charge on any atom is 0.264 e. The number of para-hydroxylation sites is 1. The second kappa shape index (κ2) is 7.31. The van der Waals surface area contributed by atoms with Crippen LogP contribution in [0.3, 0.4) is 0 Å². The molecule has 142 valence electrons. The Kier molecular flexibility index (Phi) is 4.69. The zero-order valence-electron chi connectivity index (χ0n) is 16.2. The molecule has 6 nitrogen and oxygen atoms in total. The summed E-state index contributed by atoms with van der Waals surface area (Å²) in [7, 11) is 0. The summed E-state index contributed by atoms with van der Waals surface area (Å²) in [6, 6.07) is 15.9. The molecule has 0 radical (unpaired) electrons. The maximum atomic E-state index is 12.8. The molecule has 1 N–H and O–H groups in total. The smallest absolute Gasteiger partial charge is 0.264 e. The first-order valence-electron chi connectivity index (χ1n) is 9.32. The molecule has 0 fully saturated rings. The Morgan fingerprint density at radius 1 is 1.07 bits per heavy atom. The number of nitrogens with zero attached hydrogens (tertiary/aromatic N) is 3. The summed E-state index contributed by atoms with van der Waals surface area (Å²) < 4.78 is 7.66. The zero-order valence-corrected chi connectivity index (χ0v) is 16.2. The van der Waals surface area contributed by atoms with Gasteiger partial charge in [0.05, 0.1) is 0 Å². The molecule has 6 heteroatoms. The quantitative estimate of drug-likeness (QED) is 0.558. The number of hydrogen-bond acceptors (Lipinski definition) is 4. The van der Waals surface area contributed by atoms with Gasteiger partial charge in [-0.3, -0.25) is 4.79 Å². The molecule has 28 heavy (non-hydrogen) atoms. The lowest BCUT2D eigenvalue weighted by molar-refractivity contribution is -0.116. The average molecular weight is 374 g/mol. The van der Waals surface area contributed by atoms with Crippen LogP contribution in [0.2, 0.25) is 0 Å². The molecule has 0 aliphatic carbocycles. The number of benzene rings is 2. The van der Waals surface area contributed by atoms with Crippen molar-refractivity contribution in [2.45, 2.75) is 33.7 Å². The van der Waals surface area contributed by atoms with Crippen molar-refractivity contribution in [3.05, 3.63) is 65.5 Å². The Bertz CT molecular complexity index is 1140. The summed E-state index contributed by atoms with van der Waals surface area (Å²) in [4.78, 5) is 12.8. The molecule has 2 aromatic carbocycles. The molecular formula is C22H22N4O2. The molecule has 0 saturated carbocycles. The average Bonchev–Trinajstić information content (AvgIpc) is 3.25. The molecule has 0 aliphatic heterocycles. The Morgan fingerprint density at radius 3 is 2.54 bits per heavy atom. The van der Waals surface area contributed by atoms with Crippen LogP contribution >= 0.6 is 0 Å². The molecule has 0 bridgehead atoms. The maximum absolute atomic E-state index is 12.8. The lowest BCUT2D eigenvalue weighted by atomic mass is 10.1. The lowest BCUT2D eigenvalue weighted by Crippen LogP contribution is -2.19. The van der Waals surface area contributed by atoms with Gasteiger partial charge < -0.3 is 14.3 Å². The van der Waals surface area contributed by atoms with Crippen LogP contribution in [-0.2, 0) is 17.8 Å². The minimum atomic E-state index is -0.108. The predicted molar refractivity (Wildman–Crippen MR) is 109 cm³/mol. The Hall–Kier alpha value is -3.41. The molecule has 2 aromatic heterocycles. The van der Waals surface area contributed by atoms with Crippen LogP contribution in [-0.4, -0.2) is 20.7 Å². The molecular weight excluding hydrogens is 352 g/mol. The molecule has 0 aliphatic rings. The van der Waals surface area contributed by atoms with Gasteiger partial charge in [0.15, 0.2) is 0 Å². The highest BCUT2D eigenvalue weighted by molar-refractivity contribution is 5.93. The third kappa shape index (κ3) is 3.53. The van der Waals surface area contributed by atoms with Gasteiger partial charge in [0.2, 0.25) is 11.8 Å². The van der Waals surface area contributed by atoms with Crippen LogP contribution < -0.4 is 5.32 Å². The highest BCUT2D eigenvalue weighted by atomic mass is 16.4. The van der Waals surface area contributed by atoms with E-state index in [2.05, 4.69) is 21.6 Å². The molecule has 1 amide bonds. The zero-order chi connectivity index (χ0) is 19.7. The van der Waals surface area contributed by atoms with Crippen molar-refractivity contribution in [2.75, 3.05) is 5.32 Å². The fraction of sp³-hybridized carbons (Fsp3) is 0.227. The van der Waals surface area contributed by atoms with E-state index < -0.39 is 0 Å². The van der Waals surface area contributed by atoms with E-state index in [-0.39, 0.29) is 12.5 Å². The normalized spacial score (nSPS) is 11.1. The van der Waals surface area contributed by atoms with Crippen LogP contribution in [0.25, 0.3) is 22.5 Å². The van der Waals surface area contributed by atoms with E-state index in [4.69, 9.17) is 4.42 Å². The van der Waals surface area contributed by atoms with Crippen LogP contribution in [0.15, 0.2) is 52.9 Å². The van der Waals surface area contributed by atoms with E-state index in [0.717, 1.165) is 33.4 Å². The van der Waals surface area contributed by atoms with Gasteiger partial charge in [0.25, 0.3) is 5.89 Å². The van der Waals surface area contributed by atoms with Crippen molar-refractivity contribution in [3.63, 3.8) is 0 Å². The highest BCUT2D eigenvalue weighted by Crippen LogP contribution is 2.28. The summed E-state index contributed by atoms with van der Waals surface area (Å²) in [6.07, 6.45) is 0.667. The van der Waals surface area contributed by atoms with Gasteiger partial charge >= 0.3 is 0 Å². The van der Waals surface area contributed by atoms with Gasteiger partial charge in [-0.1, -0.05) is 31.2 Å². The van der Waals surface area contributed by atoms with Crippen molar-refractivity contribution in [2.24, 2.45) is 0 Å². The standard InChI is InChI=1S/C22H22N4O2/c1-4-21-24-25-22(28-21)19-12-16-7-5-6-8-18(16)26(19)13-20(27)23-17-10-14(2)9-15(3)11-17/h5-12H,4,13H2,1-3H3,(H,23,27). The van der Waals surface area contributed by atoms with Crippen LogP contribution in [0.5, 0.6) is 0 Å². The van der Waals surface area contributed by atoms with Crippen LogP contribution in [0, 0.1) is 13.8 Å². The predicted octanol–water partition coefficient (Wildman–Crippen LogP) is 4.51. The molecule has 2 heterocycles. The van der Waals surface area contributed by atoms with E-state index in [0.29, 0.717) is 18.2 Å². The van der Waals surface area contributed by atoms with Crippen molar-refractivity contribution < 1.29 is 9.21 Å². The third-order valence-electron chi connectivity index (χ3n) is 4.61. The van der Waals surface area contributed by atoms with Gasteiger partial charge in [-0.15, -0.1) is 10.2 Å². The van der Waals surface area contributed by atoms with E-state index in [1.807, 2.05) is 67.8 Å². The van der Waals surface area contributed by atoms with Crippen LogP contribution in [0.4, 0.5) is 5.69 Å². The number of amides is 1. The minimum Gasteiger partial charge on any atom is -0.419 e. The Balaban J connectivity index is 1.68. The number of aryl methyl sites for hydroxylation is 3. The molecule has 0 unspecified atom stereocenters. The number of rotatable bonds is 5. The first-order valence-corrected chi connectivity index (χ1v) is 9.32. The summed E-state index contributed by atoms with van der Waals surface area (Å²) >= 11 is 0. The van der Waals surface area contributed by atoms with Crippen LogP contribution in [0.1, 0.15) is 23.9 Å². The first kappa shape index (κ1) is 18.0. The van der Waals surface area contributed by atoms with Gasteiger partial charge in [-0.2, -0.15) is 0 Å². The van der Waals surface area contributed by atoms with Crippen molar-refractivity contribution in [3.8, 4) is 11.6 Å². The number of fused-ring (bicyclic) bond motifs is 1. The van der Waals surface area contributed by atoms with Gasteiger partial charge in [0, 0.05) is 23.0 Å². The highest BCUT2D eigenvalue weighted by Gasteiger charge is 2.18. The van der Waals surface area contributed by atoms with E-state index in [9.17, 15) is 4.79 Å². The summed E-state index contributed by atoms with van der Waals surface area (Å²) in [5, 5.41) is 12.2. The fourth-order valence-corrected chi connectivity index (χ4v) is 3.45.